The van der Waals surface area contributed by atoms with Gasteiger partial charge >= 0.3 is 5.97 Å². The van der Waals surface area contributed by atoms with Crippen LogP contribution in [0.3, 0.4) is 0 Å². The molecule has 2 N–H and O–H groups in total. The second-order valence-electron chi connectivity index (χ2n) is 3.60. The second kappa shape index (κ2) is 7.82. The number of nitrogens with two attached hydrogens (primary N) is 1. The zero-order valence-electron chi connectivity index (χ0n) is 11.0. The van der Waals surface area contributed by atoms with E-state index in [1.165, 1.54) is 14.2 Å². The van der Waals surface area contributed by atoms with E-state index in [1.54, 1.807) is 4.67 Å². The predicted octanol–water partition coefficient (Wildman–Crippen LogP) is 1.06. The molecule has 0 rings (SSSR count). The summed E-state index contributed by atoms with van der Waals surface area (Å²) in [5.41, 5.74) is 5.60. The van der Waals surface area contributed by atoms with Crippen molar-refractivity contribution < 1.29 is 18.6 Å². The number of esters is 1. The monoisotopic (exact) mass is 266 g/mol. The van der Waals surface area contributed by atoms with Crippen LogP contribution in [0.15, 0.2) is 0 Å². The van der Waals surface area contributed by atoms with Crippen molar-refractivity contribution in [2.75, 3.05) is 33.5 Å². The molecule has 0 aromatic rings. The number of carbonyl (C=O) groups is 1. The molecule has 0 radical (unpaired) electrons. The molecule has 0 aliphatic carbocycles. The Morgan fingerprint density at radius 2 is 1.88 bits per heavy atom. The molecular weight excluding hydrogens is 243 g/mol. The zero-order valence-corrected chi connectivity index (χ0v) is 11.9. The molecule has 0 aromatic heterocycles. The Morgan fingerprint density at radius 3 is 2.24 bits per heavy atom. The molecule has 2 atom stereocenters. The fourth-order valence-electron chi connectivity index (χ4n) is 1.57. The molecule has 0 saturated heterocycles. The molecule has 6 nitrogen and oxygen atoms in total. The van der Waals surface area contributed by atoms with E-state index < -0.39 is 19.5 Å². The quantitative estimate of drug-likeness (QED) is 0.522. The van der Waals surface area contributed by atoms with Crippen LogP contribution in [0.2, 0.25) is 0 Å². The lowest BCUT2D eigenvalue weighted by molar-refractivity contribution is -0.142. The van der Waals surface area contributed by atoms with Gasteiger partial charge in [0, 0.05) is 26.4 Å². The number of methoxy groups -OCH3 is 1. The average molecular weight is 266 g/mol. The van der Waals surface area contributed by atoms with Crippen LogP contribution in [-0.4, -0.2) is 50.2 Å². The van der Waals surface area contributed by atoms with Gasteiger partial charge in [-0.1, -0.05) is 13.8 Å². The van der Waals surface area contributed by atoms with E-state index in [4.69, 9.17) is 10.3 Å². The van der Waals surface area contributed by atoms with Crippen LogP contribution in [0.5, 0.6) is 0 Å². The van der Waals surface area contributed by atoms with Crippen LogP contribution in [0.4, 0.5) is 0 Å². The molecular formula is C10H23N2O4P. The van der Waals surface area contributed by atoms with Gasteiger partial charge in [0.2, 0.25) is 0 Å². The Hall–Kier alpha value is -0.420. The third-order valence-corrected chi connectivity index (χ3v) is 5.49. The van der Waals surface area contributed by atoms with Gasteiger partial charge in [0.05, 0.1) is 7.11 Å². The summed E-state index contributed by atoms with van der Waals surface area (Å²) in [6.45, 7) is 5.09. The molecule has 0 aliphatic heterocycles. The van der Waals surface area contributed by atoms with E-state index in [9.17, 15) is 9.36 Å². The first kappa shape index (κ1) is 16.6. The summed E-state index contributed by atoms with van der Waals surface area (Å²) in [6.07, 6.45) is 0.537. The summed E-state index contributed by atoms with van der Waals surface area (Å²) in [5, 5.41) is 0. The molecule has 0 aliphatic rings. The molecule has 102 valence electrons. The van der Waals surface area contributed by atoms with Gasteiger partial charge in [-0.15, -0.1) is 0 Å². The average Bonchev–Trinajstić information content (AvgIpc) is 2.36. The van der Waals surface area contributed by atoms with Crippen molar-refractivity contribution in [3.8, 4) is 0 Å². The first-order chi connectivity index (χ1) is 7.95. The van der Waals surface area contributed by atoms with E-state index in [-0.39, 0.29) is 12.6 Å². The molecule has 0 amide bonds. The summed E-state index contributed by atoms with van der Waals surface area (Å²) in [5.74, 6) is -0.493. The molecule has 0 heterocycles. The minimum atomic E-state index is -2.87. The van der Waals surface area contributed by atoms with Crippen LogP contribution in [0.25, 0.3) is 0 Å². The van der Waals surface area contributed by atoms with Gasteiger partial charge in [0.15, 0.2) is 0 Å². The lowest BCUT2D eigenvalue weighted by Crippen LogP contribution is -2.33. The number of hydrogen-bond acceptors (Lipinski definition) is 5. The molecule has 7 heteroatoms. The Morgan fingerprint density at radius 1 is 1.35 bits per heavy atom. The fourth-order valence-corrected chi connectivity index (χ4v) is 3.74. The van der Waals surface area contributed by atoms with Gasteiger partial charge in [-0.2, -0.15) is 0 Å². The summed E-state index contributed by atoms with van der Waals surface area (Å²) in [7, 11) is -0.169. The molecule has 0 spiro atoms. The van der Waals surface area contributed by atoms with E-state index in [2.05, 4.69) is 4.74 Å². The third-order valence-electron chi connectivity index (χ3n) is 2.67. The van der Waals surface area contributed by atoms with Crippen molar-refractivity contribution in [3.63, 3.8) is 0 Å². The Balaban J connectivity index is 4.49. The standard InChI is InChI=1S/C10H23N2O4P/c1-5-12(6-2)17(14,16-4)8-7-9(11)10(13)15-3/h9H,5-8,11H2,1-4H3. The predicted molar refractivity (Wildman–Crippen MR) is 67.0 cm³/mol. The summed E-state index contributed by atoms with van der Waals surface area (Å²) in [4.78, 5) is 11.1. The van der Waals surface area contributed by atoms with Crippen molar-refractivity contribution >= 4 is 13.5 Å². The van der Waals surface area contributed by atoms with Gasteiger partial charge in [-0.05, 0) is 6.42 Å². The van der Waals surface area contributed by atoms with Gasteiger partial charge in [0.1, 0.15) is 6.04 Å². The smallest absolute Gasteiger partial charge is 0.322 e. The van der Waals surface area contributed by atoms with E-state index in [1.807, 2.05) is 13.8 Å². The van der Waals surface area contributed by atoms with Crippen LogP contribution >= 0.6 is 7.52 Å². The highest BCUT2D eigenvalue weighted by Gasteiger charge is 2.30. The number of nitrogens with zero attached hydrogens (tertiary/aromatic N) is 1. The summed E-state index contributed by atoms with van der Waals surface area (Å²) < 4.78 is 23.9. The van der Waals surface area contributed by atoms with Crippen molar-refractivity contribution in [3.05, 3.63) is 0 Å². The van der Waals surface area contributed by atoms with Gasteiger partial charge in [-0.3, -0.25) is 9.36 Å². The normalized spacial score (nSPS) is 16.6. The van der Waals surface area contributed by atoms with Crippen LogP contribution in [-0.2, 0) is 18.6 Å². The first-order valence-electron chi connectivity index (χ1n) is 5.68. The highest BCUT2D eigenvalue weighted by atomic mass is 31.2. The Kier molecular flexibility index (Phi) is 7.63. The molecule has 0 bridgehead atoms. The maximum Gasteiger partial charge on any atom is 0.322 e. The maximum absolute atomic E-state index is 12.5. The topological polar surface area (TPSA) is 81.9 Å². The lowest BCUT2D eigenvalue weighted by atomic mass is 10.2. The van der Waals surface area contributed by atoms with E-state index in [0.717, 1.165) is 0 Å². The first-order valence-corrected chi connectivity index (χ1v) is 7.45. The van der Waals surface area contributed by atoms with Crippen molar-refractivity contribution in [1.29, 1.82) is 0 Å². The second-order valence-corrected chi connectivity index (χ2v) is 6.25. The molecule has 0 saturated carbocycles. The minimum Gasteiger partial charge on any atom is -0.468 e. The van der Waals surface area contributed by atoms with Gasteiger partial charge < -0.3 is 15.0 Å². The zero-order chi connectivity index (χ0) is 13.5. The van der Waals surface area contributed by atoms with Crippen LogP contribution in [0, 0.1) is 0 Å². The highest BCUT2D eigenvalue weighted by Crippen LogP contribution is 2.50. The lowest BCUT2D eigenvalue weighted by Gasteiger charge is -2.28. The van der Waals surface area contributed by atoms with Gasteiger partial charge in [0.25, 0.3) is 7.52 Å². The van der Waals surface area contributed by atoms with Crippen LogP contribution in [0.1, 0.15) is 20.3 Å². The number of carbonyl (C=O) groups excluding carboxylic acids is 1. The van der Waals surface area contributed by atoms with Crippen LogP contribution < -0.4 is 5.73 Å². The third kappa shape index (κ3) is 4.76. The van der Waals surface area contributed by atoms with Crippen molar-refractivity contribution in [2.24, 2.45) is 5.73 Å². The highest BCUT2D eigenvalue weighted by molar-refractivity contribution is 7.56. The largest absolute Gasteiger partial charge is 0.468 e. The maximum atomic E-state index is 12.5. The number of rotatable bonds is 8. The minimum absolute atomic E-state index is 0.251. The molecule has 0 aromatic carbocycles. The Bertz CT molecular complexity index is 281. The molecule has 0 fully saturated rings. The number of hydrogen-bond donors (Lipinski definition) is 1. The molecule has 2 unspecified atom stereocenters. The molecule has 17 heavy (non-hydrogen) atoms. The fraction of sp³-hybridized carbons (Fsp3) is 0.900. The number of ether oxygens (including phenoxy) is 1. The SMILES string of the molecule is CCN(CC)P(=O)(CCC(N)C(=O)OC)OC. The van der Waals surface area contributed by atoms with E-state index >= 15 is 0 Å². The van der Waals surface area contributed by atoms with Crippen molar-refractivity contribution in [1.82, 2.24) is 4.67 Å². The van der Waals surface area contributed by atoms with Gasteiger partial charge in [-0.25, -0.2) is 4.67 Å². The summed E-state index contributed by atoms with van der Waals surface area (Å²) >= 11 is 0. The van der Waals surface area contributed by atoms with E-state index in [0.29, 0.717) is 13.1 Å². The Labute approximate surface area is 103 Å². The summed E-state index contributed by atoms with van der Waals surface area (Å²) in [6, 6.07) is -0.751. The van der Waals surface area contributed by atoms with Crippen molar-refractivity contribution in [2.45, 2.75) is 26.3 Å².